The number of hydrogen-bond acceptors (Lipinski definition) is 3. The highest BCUT2D eigenvalue weighted by atomic mass is 19.4. The maximum Gasteiger partial charge on any atom is 0.416 e. The Morgan fingerprint density at radius 1 is 1.30 bits per heavy atom. The highest BCUT2D eigenvalue weighted by Crippen LogP contribution is 2.30. The maximum absolute atomic E-state index is 12.7. The van der Waals surface area contributed by atoms with Crippen molar-refractivity contribution in [2.24, 2.45) is 11.8 Å². The summed E-state index contributed by atoms with van der Waals surface area (Å²) < 4.78 is 43.3. The first-order valence-corrected chi connectivity index (χ1v) is 6.70. The van der Waals surface area contributed by atoms with Crippen molar-refractivity contribution in [1.82, 2.24) is 5.43 Å². The predicted molar refractivity (Wildman–Crippen MR) is 69.8 cm³/mol. The van der Waals surface area contributed by atoms with E-state index < -0.39 is 11.7 Å². The Hall–Kier alpha value is -1.11. The molecule has 1 saturated heterocycles. The molecule has 0 saturated carbocycles. The summed E-state index contributed by atoms with van der Waals surface area (Å²) in [6, 6.07) is 5.41. The number of hydrogen-bond donors (Lipinski definition) is 2. The van der Waals surface area contributed by atoms with Gasteiger partial charge in [0.05, 0.1) is 5.56 Å². The van der Waals surface area contributed by atoms with E-state index in [0.29, 0.717) is 31.1 Å². The summed E-state index contributed by atoms with van der Waals surface area (Å²) in [5, 5.41) is 0. The fourth-order valence-electron chi connectivity index (χ4n) is 2.61. The Labute approximate surface area is 116 Å². The minimum absolute atomic E-state index is 0.0256. The molecule has 20 heavy (non-hydrogen) atoms. The van der Waals surface area contributed by atoms with E-state index in [2.05, 4.69) is 5.43 Å². The molecule has 1 unspecified atom stereocenters. The van der Waals surface area contributed by atoms with Crippen LogP contribution < -0.4 is 11.3 Å². The van der Waals surface area contributed by atoms with Gasteiger partial charge < -0.3 is 4.74 Å². The molecule has 1 aromatic carbocycles. The Balaban J connectivity index is 2.07. The molecule has 1 fully saturated rings. The van der Waals surface area contributed by atoms with Crippen molar-refractivity contribution in [2.45, 2.75) is 31.5 Å². The van der Waals surface area contributed by atoms with Gasteiger partial charge in [-0.3, -0.25) is 11.3 Å². The molecule has 1 atom stereocenters. The minimum atomic E-state index is -4.31. The van der Waals surface area contributed by atoms with Crippen LogP contribution in [0.25, 0.3) is 0 Å². The topological polar surface area (TPSA) is 47.3 Å². The van der Waals surface area contributed by atoms with Crippen LogP contribution in [0.1, 0.15) is 24.0 Å². The molecule has 0 aliphatic carbocycles. The molecule has 3 N–H and O–H groups in total. The molecule has 1 heterocycles. The summed E-state index contributed by atoms with van der Waals surface area (Å²) in [5.41, 5.74) is 2.78. The number of benzene rings is 1. The summed E-state index contributed by atoms with van der Waals surface area (Å²) in [6.45, 7) is 1.37. The first-order valence-electron chi connectivity index (χ1n) is 6.70. The predicted octanol–water partition coefficient (Wildman–Crippen LogP) is 2.51. The lowest BCUT2D eigenvalue weighted by Crippen LogP contribution is -2.44. The van der Waals surface area contributed by atoms with E-state index in [4.69, 9.17) is 10.6 Å². The molecule has 1 aliphatic rings. The Morgan fingerprint density at radius 2 is 2.00 bits per heavy atom. The van der Waals surface area contributed by atoms with Gasteiger partial charge in [-0.05, 0) is 36.8 Å². The van der Waals surface area contributed by atoms with Gasteiger partial charge in [0.25, 0.3) is 0 Å². The number of rotatable bonds is 4. The van der Waals surface area contributed by atoms with E-state index in [1.54, 1.807) is 6.07 Å². The third kappa shape index (κ3) is 3.94. The van der Waals surface area contributed by atoms with Gasteiger partial charge in [0.2, 0.25) is 0 Å². The molecule has 0 bridgehead atoms. The molecule has 0 amide bonds. The van der Waals surface area contributed by atoms with Gasteiger partial charge in [0.1, 0.15) is 0 Å². The molecule has 0 aromatic heterocycles. The smallest absolute Gasteiger partial charge is 0.381 e. The second kappa shape index (κ2) is 6.56. The lowest BCUT2D eigenvalue weighted by molar-refractivity contribution is -0.137. The average Bonchev–Trinajstić information content (AvgIpc) is 2.45. The quantitative estimate of drug-likeness (QED) is 0.661. The van der Waals surface area contributed by atoms with Crippen molar-refractivity contribution >= 4 is 0 Å². The van der Waals surface area contributed by atoms with E-state index in [0.717, 1.165) is 18.9 Å². The van der Waals surface area contributed by atoms with Crippen molar-refractivity contribution in [1.29, 1.82) is 0 Å². The van der Waals surface area contributed by atoms with Crippen LogP contribution in [0.5, 0.6) is 0 Å². The molecule has 0 spiro atoms. The Bertz CT molecular complexity index is 431. The SMILES string of the molecule is NNC(Cc1cccc(C(F)(F)F)c1)C1CCOCC1. The molecule has 1 aliphatic heterocycles. The molecule has 0 radical (unpaired) electrons. The van der Waals surface area contributed by atoms with E-state index in [1.165, 1.54) is 12.1 Å². The summed E-state index contributed by atoms with van der Waals surface area (Å²) in [7, 11) is 0. The van der Waals surface area contributed by atoms with Crippen LogP contribution in [-0.2, 0) is 17.3 Å². The Morgan fingerprint density at radius 3 is 2.60 bits per heavy atom. The van der Waals surface area contributed by atoms with E-state index in [9.17, 15) is 13.2 Å². The molecule has 3 nitrogen and oxygen atoms in total. The van der Waals surface area contributed by atoms with Crippen LogP contribution in [0.2, 0.25) is 0 Å². The van der Waals surface area contributed by atoms with Crippen LogP contribution in [0, 0.1) is 5.92 Å². The fraction of sp³-hybridized carbons (Fsp3) is 0.571. The zero-order valence-corrected chi connectivity index (χ0v) is 11.1. The molecule has 6 heteroatoms. The highest BCUT2D eigenvalue weighted by Gasteiger charge is 2.31. The minimum Gasteiger partial charge on any atom is -0.381 e. The number of hydrazine groups is 1. The zero-order valence-electron chi connectivity index (χ0n) is 11.1. The second-order valence-electron chi connectivity index (χ2n) is 5.13. The largest absolute Gasteiger partial charge is 0.416 e. The first kappa shape index (κ1) is 15.3. The number of nitrogens with one attached hydrogen (secondary N) is 1. The van der Waals surface area contributed by atoms with Crippen LogP contribution in [-0.4, -0.2) is 19.3 Å². The third-order valence-corrected chi connectivity index (χ3v) is 3.76. The van der Waals surface area contributed by atoms with E-state index >= 15 is 0 Å². The first-order chi connectivity index (χ1) is 9.50. The van der Waals surface area contributed by atoms with Gasteiger partial charge >= 0.3 is 6.18 Å². The van der Waals surface area contributed by atoms with Gasteiger partial charge in [-0.1, -0.05) is 18.2 Å². The number of alkyl halides is 3. The van der Waals surface area contributed by atoms with Crippen LogP contribution in [0.4, 0.5) is 13.2 Å². The number of ether oxygens (including phenoxy) is 1. The normalized spacial score (nSPS) is 19.0. The number of halogens is 3. The lowest BCUT2D eigenvalue weighted by atomic mass is 9.88. The van der Waals surface area contributed by atoms with Crippen LogP contribution in [0.3, 0.4) is 0 Å². The Kier molecular flexibility index (Phi) is 5.01. The van der Waals surface area contributed by atoms with Gasteiger partial charge in [0, 0.05) is 19.3 Å². The van der Waals surface area contributed by atoms with Crippen LogP contribution in [0.15, 0.2) is 24.3 Å². The van der Waals surface area contributed by atoms with Gasteiger partial charge in [-0.2, -0.15) is 13.2 Å². The standard InChI is InChI=1S/C14H19F3N2O/c15-14(16,17)12-3-1-2-10(8-12)9-13(19-18)11-4-6-20-7-5-11/h1-3,8,11,13,19H,4-7,9,18H2. The summed E-state index contributed by atoms with van der Waals surface area (Å²) in [4.78, 5) is 0. The van der Waals surface area contributed by atoms with Gasteiger partial charge in [-0.15, -0.1) is 0 Å². The summed E-state index contributed by atoms with van der Waals surface area (Å²) >= 11 is 0. The van der Waals surface area contributed by atoms with Crippen molar-refractivity contribution in [2.75, 3.05) is 13.2 Å². The van der Waals surface area contributed by atoms with Crippen LogP contribution >= 0.6 is 0 Å². The fourth-order valence-corrected chi connectivity index (χ4v) is 2.61. The molecular formula is C14H19F3N2O. The highest BCUT2D eigenvalue weighted by molar-refractivity contribution is 5.26. The van der Waals surface area contributed by atoms with Crippen molar-refractivity contribution in [3.05, 3.63) is 35.4 Å². The second-order valence-corrected chi connectivity index (χ2v) is 5.13. The van der Waals surface area contributed by atoms with E-state index in [-0.39, 0.29) is 6.04 Å². The van der Waals surface area contributed by atoms with Crippen molar-refractivity contribution in [3.8, 4) is 0 Å². The summed E-state index contributed by atoms with van der Waals surface area (Å²) in [6.07, 6.45) is -2.05. The zero-order chi connectivity index (χ0) is 14.6. The number of nitrogens with two attached hydrogens (primary N) is 1. The maximum atomic E-state index is 12.7. The monoisotopic (exact) mass is 288 g/mol. The van der Waals surface area contributed by atoms with E-state index in [1.807, 2.05) is 0 Å². The molecule has 112 valence electrons. The average molecular weight is 288 g/mol. The molecule has 2 rings (SSSR count). The third-order valence-electron chi connectivity index (χ3n) is 3.76. The van der Waals surface area contributed by atoms with Crippen molar-refractivity contribution < 1.29 is 17.9 Å². The van der Waals surface area contributed by atoms with Gasteiger partial charge in [-0.25, -0.2) is 0 Å². The molecule has 1 aromatic rings. The van der Waals surface area contributed by atoms with Crippen molar-refractivity contribution in [3.63, 3.8) is 0 Å². The summed E-state index contributed by atoms with van der Waals surface area (Å²) in [5.74, 6) is 5.90. The van der Waals surface area contributed by atoms with Gasteiger partial charge in [0.15, 0.2) is 0 Å². The molecular weight excluding hydrogens is 269 g/mol. The lowest BCUT2D eigenvalue weighted by Gasteiger charge is -2.30.